The predicted molar refractivity (Wildman–Crippen MR) is 76.3 cm³/mol. The van der Waals surface area contributed by atoms with Crippen LogP contribution in [0.15, 0.2) is 42.5 Å². The Labute approximate surface area is 116 Å². The minimum absolute atomic E-state index is 0.0779. The van der Waals surface area contributed by atoms with Gasteiger partial charge in [-0.3, -0.25) is 10.1 Å². The maximum absolute atomic E-state index is 13.7. The van der Waals surface area contributed by atoms with Gasteiger partial charge in [0.15, 0.2) is 0 Å². The molecule has 0 saturated heterocycles. The molecule has 0 radical (unpaired) electrons. The maximum atomic E-state index is 13.7. The molecular formula is C15H15FN2O2. The van der Waals surface area contributed by atoms with Gasteiger partial charge < -0.3 is 5.32 Å². The third kappa shape index (κ3) is 2.93. The van der Waals surface area contributed by atoms with Gasteiger partial charge in [0.25, 0.3) is 5.69 Å². The molecule has 2 aromatic carbocycles. The van der Waals surface area contributed by atoms with Crippen LogP contribution in [0.1, 0.15) is 24.1 Å². The molecule has 0 aliphatic rings. The number of nitro groups is 1. The number of nitro benzene ring substituents is 1. The molecule has 0 aliphatic heterocycles. The summed E-state index contributed by atoms with van der Waals surface area (Å²) in [6, 6.07) is 11.1. The van der Waals surface area contributed by atoms with Crippen molar-refractivity contribution in [3.8, 4) is 0 Å². The van der Waals surface area contributed by atoms with Crippen LogP contribution in [0.4, 0.5) is 15.8 Å². The number of nitrogens with one attached hydrogen (secondary N) is 1. The largest absolute Gasteiger partial charge is 0.378 e. The van der Waals surface area contributed by atoms with Crippen molar-refractivity contribution in [3.05, 3.63) is 69.5 Å². The van der Waals surface area contributed by atoms with E-state index in [0.29, 0.717) is 11.1 Å². The average Bonchev–Trinajstić information content (AvgIpc) is 2.38. The zero-order valence-corrected chi connectivity index (χ0v) is 11.3. The minimum Gasteiger partial charge on any atom is -0.378 e. The lowest BCUT2D eigenvalue weighted by Gasteiger charge is -2.16. The van der Waals surface area contributed by atoms with Crippen LogP contribution in [0.3, 0.4) is 0 Å². The molecule has 20 heavy (non-hydrogen) atoms. The number of hydrogen-bond donors (Lipinski definition) is 1. The summed E-state index contributed by atoms with van der Waals surface area (Å²) in [4.78, 5) is 10.3. The molecule has 0 saturated carbocycles. The summed E-state index contributed by atoms with van der Waals surface area (Å²) in [6.07, 6.45) is 0. The molecule has 0 heterocycles. The number of halogens is 1. The molecular weight excluding hydrogens is 259 g/mol. The lowest BCUT2D eigenvalue weighted by molar-refractivity contribution is -0.385. The first-order valence-corrected chi connectivity index (χ1v) is 6.25. The van der Waals surface area contributed by atoms with Crippen LogP contribution in [0.2, 0.25) is 0 Å². The van der Waals surface area contributed by atoms with E-state index < -0.39 is 4.92 Å². The van der Waals surface area contributed by atoms with E-state index in [2.05, 4.69) is 5.32 Å². The van der Waals surface area contributed by atoms with Crippen molar-refractivity contribution in [1.29, 1.82) is 0 Å². The third-order valence-electron chi connectivity index (χ3n) is 3.15. The Morgan fingerprint density at radius 2 is 1.95 bits per heavy atom. The van der Waals surface area contributed by atoms with E-state index in [1.165, 1.54) is 12.1 Å². The van der Waals surface area contributed by atoms with Crippen LogP contribution in [0, 0.1) is 22.9 Å². The molecule has 104 valence electrons. The predicted octanol–water partition coefficient (Wildman–Crippen LogP) is 4.22. The number of rotatable bonds is 4. The SMILES string of the molecule is Cc1cc(NC(C)c2ccccc2F)ccc1[N+](=O)[O-]. The van der Waals surface area contributed by atoms with Gasteiger partial charge in [-0.15, -0.1) is 0 Å². The van der Waals surface area contributed by atoms with Crippen molar-refractivity contribution in [1.82, 2.24) is 0 Å². The minimum atomic E-state index is -0.417. The molecule has 1 unspecified atom stereocenters. The molecule has 2 aromatic rings. The van der Waals surface area contributed by atoms with Gasteiger partial charge in [-0.05, 0) is 32.0 Å². The molecule has 0 aliphatic carbocycles. The van der Waals surface area contributed by atoms with E-state index in [4.69, 9.17) is 0 Å². The van der Waals surface area contributed by atoms with Gasteiger partial charge >= 0.3 is 0 Å². The Morgan fingerprint density at radius 1 is 1.25 bits per heavy atom. The summed E-state index contributed by atoms with van der Waals surface area (Å²) >= 11 is 0. The van der Waals surface area contributed by atoms with E-state index >= 15 is 0 Å². The summed E-state index contributed by atoms with van der Waals surface area (Å²) in [5, 5.41) is 13.9. The highest BCUT2D eigenvalue weighted by Crippen LogP contribution is 2.25. The molecule has 1 atom stereocenters. The third-order valence-corrected chi connectivity index (χ3v) is 3.15. The number of aryl methyl sites for hydroxylation is 1. The first-order chi connectivity index (χ1) is 9.49. The Balaban J connectivity index is 2.20. The maximum Gasteiger partial charge on any atom is 0.272 e. The van der Waals surface area contributed by atoms with Crippen molar-refractivity contribution in [3.63, 3.8) is 0 Å². The van der Waals surface area contributed by atoms with Crippen LogP contribution in [-0.2, 0) is 0 Å². The molecule has 1 N–H and O–H groups in total. The highest BCUT2D eigenvalue weighted by Gasteiger charge is 2.13. The van der Waals surface area contributed by atoms with E-state index in [1.807, 2.05) is 6.92 Å². The van der Waals surface area contributed by atoms with Gasteiger partial charge in [0, 0.05) is 22.9 Å². The van der Waals surface area contributed by atoms with Gasteiger partial charge in [0.2, 0.25) is 0 Å². The summed E-state index contributed by atoms with van der Waals surface area (Å²) in [5.74, 6) is -0.272. The van der Waals surface area contributed by atoms with E-state index in [0.717, 1.165) is 5.69 Å². The Hall–Kier alpha value is -2.43. The van der Waals surface area contributed by atoms with Crippen LogP contribution in [0.25, 0.3) is 0 Å². The number of benzene rings is 2. The van der Waals surface area contributed by atoms with Gasteiger partial charge in [-0.25, -0.2) is 4.39 Å². The van der Waals surface area contributed by atoms with Gasteiger partial charge in [-0.2, -0.15) is 0 Å². The van der Waals surface area contributed by atoms with Crippen molar-refractivity contribution in [2.24, 2.45) is 0 Å². The second-order valence-electron chi connectivity index (χ2n) is 4.65. The van der Waals surface area contributed by atoms with Crippen molar-refractivity contribution in [2.75, 3.05) is 5.32 Å². The monoisotopic (exact) mass is 274 g/mol. The summed E-state index contributed by atoms with van der Waals surface area (Å²) in [7, 11) is 0. The number of anilines is 1. The normalized spacial score (nSPS) is 11.9. The first kappa shape index (κ1) is 14.0. The number of nitrogens with zero attached hydrogens (tertiary/aromatic N) is 1. The fourth-order valence-electron chi connectivity index (χ4n) is 2.10. The van der Waals surface area contributed by atoms with E-state index in [-0.39, 0.29) is 17.5 Å². The second kappa shape index (κ2) is 5.69. The van der Waals surface area contributed by atoms with Crippen LogP contribution in [0.5, 0.6) is 0 Å². The zero-order chi connectivity index (χ0) is 14.7. The molecule has 5 heteroatoms. The van der Waals surface area contributed by atoms with Crippen LogP contribution in [-0.4, -0.2) is 4.92 Å². The highest BCUT2D eigenvalue weighted by molar-refractivity contribution is 5.54. The first-order valence-electron chi connectivity index (χ1n) is 6.25. The molecule has 2 rings (SSSR count). The lowest BCUT2D eigenvalue weighted by Crippen LogP contribution is -2.08. The van der Waals surface area contributed by atoms with E-state index in [9.17, 15) is 14.5 Å². The standard InChI is InChI=1S/C15H15FN2O2/c1-10-9-12(7-8-15(10)18(19)20)17-11(2)13-5-3-4-6-14(13)16/h3-9,11,17H,1-2H3. The lowest BCUT2D eigenvalue weighted by atomic mass is 10.1. The van der Waals surface area contributed by atoms with E-state index in [1.54, 1.807) is 37.3 Å². The zero-order valence-electron chi connectivity index (χ0n) is 11.3. The number of hydrogen-bond acceptors (Lipinski definition) is 3. The topological polar surface area (TPSA) is 55.2 Å². The second-order valence-corrected chi connectivity index (χ2v) is 4.65. The molecule has 0 spiro atoms. The van der Waals surface area contributed by atoms with Crippen molar-refractivity contribution < 1.29 is 9.31 Å². The Kier molecular flexibility index (Phi) is 3.98. The Bertz CT molecular complexity index is 644. The summed E-state index contributed by atoms with van der Waals surface area (Å²) in [5.41, 5.74) is 1.93. The van der Waals surface area contributed by atoms with Crippen molar-refractivity contribution in [2.45, 2.75) is 19.9 Å². The smallest absolute Gasteiger partial charge is 0.272 e. The summed E-state index contributed by atoms with van der Waals surface area (Å²) < 4.78 is 13.7. The quantitative estimate of drug-likeness (QED) is 0.671. The van der Waals surface area contributed by atoms with Crippen LogP contribution >= 0.6 is 0 Å². The fourth-order valence-corrected chi connectivity index (χ4v) is 2.10. The van der Waals surface area contributed by atoms with Gasteiger partial charge in [0.05, 0.1) is 11.0 Å². The highest BCUT2D eigenvalue weighted by atomic mass is 19.1. The molecule has 4 nitrogen and oxygen atoms in total. The van der Waals surface area contributed by atoms with Crippen LogP contribution < -0.4 is 5.32 Å². The fraction of sp³-hybridized carbons (Fsp3) is 0.200. The molecule has 0 aromatic heterocycles. The molecule has 0 fully saturated rings. The molecule has 0 amide bonds. The molecule has 0 bridgehead atoms. The van der Waals surface area contributed by atoms with Crippen molar-refractivity contribution >= 4 is 11.4 Å². The summed E-state index contributed by atoms with van der Waals surface area (Å²) in [6.45, 7) is 3.52. The Morgan fingerprint density at radius 3 is 2.55 bits per heavy atom. The van der Waals surface area contributed by atoms with Gasteiger partial charge in [0.1, 0.15) is 5.82 Å². The average molecular weight is 274 g/mol. The van der Waals surface area contributed by atoms with Gasteiger partial charge in [-0.1, -0.05) is 18.2 Å².